The second-order valence-corrected chi connectivity index (χ2v) is 7.64. The van der Waals surface area contributed by atoms with E-state index in [2.05, 4.69) is 25.8 Å². The first-order valence-electron chi connectivity index (χ1n) is 9.53. The molecule has 0 saturated heterocycles. The Balaban J connectivity index is 1.64. The topological polar surface area (TPSA) is 91.6 Å². The van der Waals surface area contributed by atoms with Crippen LogP contribution in [-0.2, 0) is 0 Å². The molecule has 0 amide bonds. The van der Waals surface area contributed by atoms with Crippen molar-refractivity contribution in [2.45, 2.75) is 57.2 Å². The molecule has 1 aliphatic heterocycles. The number of benzene rings is 1. The molecule has 3 N–H and O–H groups in total. The third kappa shape index (κ3) is 2.34. The molecule has 5 rings (SSSR count). The molecule has 7 nitrogen and oxygen atoms in total. The summed E-state index contributed by atoms with van der Waals surface area (Å²) in [6.07, 6.45) is 5.47. The molecule has 1 aliphatic carbocycles. The summed E-state index contributed by atoms with van der Waals surface area (Å²) in [5.41, 5.74) is 3.57. The minimum atomic E-state index is -0.665. The fourth-order valence-corrected chi connectivity index (χ4v) is 4.80. The highest BCUT2D eigenvalue weighted by Crippen LogP contribution is 2.45. The summed E-state index contributed by atoms with van der Waals surface area (Å²) in [5.74, 6) is 1.28. The summed E-state index contributed by atoms with van der Waals surface area (Å²) >= 11 is 0. The van der Waals surface area contributed by atoms with Gasteiger partial charge in [-0.15, -0.1) is 5.10 Å². The Hall–Kier alpha value is -2.41. The van der Waals surface area contributed by atoms with Crippen molar-refractivity contribution in [1.82, 2.24) is 25.2 Å². The van der Waals surface area contributed by atoms with Crippen LogP contribution in [0, 0.1) is 12.8 Å². The second-order valence-electron chi connectivity index (χ2n) is 7.64. The molecule has 0 bridgehead atoms. The van der Waals surface area contributed by atoms with Crippen molar-refractivity contribution in [3.8, 4) is 0 Å². The van der Waals surface area contributed by atoms with Crippen molar-refractivity contribution in [3.63, 3.8) is 0 Å². The summed E-state index contributed by atoms with van der Waals surface area (Å²) in [4.78, 5) is 0. The Morgan fingerprint density at radius 3 is 2.81 bits per heavy atom. The lowest BCUT2D eigenvalue weighted by Crippen LogP contribution is -2.45. The molecule has 3 heterocycles. The van der Waals surface area contributed by atoms with Crippen molar-refractivity contribution >= 4 is 16.9 Å². The number of hydrogen-bond acceptors (Lipinski definition) is 5. The number of nitrogens with one attached hydrogen (secondary N) is 2. The quantitative estimate of drug-likeness (QED) is 0.659. The highest BCUT2D eigenvalue weighted by molar-refractivity contribution is 5.74. The number of aromatic nitrogens is 5. The van der Waals surface area contributed by atoms with Gasteiger partial charge in [0.05, 0.1) is 11.6 Å². The molecule has 26 heavy (non-hydrogen) atoms. The minimum absolute atomic E-state index is 0.0885. The first-order chi connectivity index (χ1) is 12.7. The Labute approximate surface area is 151 Å². The van der Waals surface area contributed by atoms with Gasteiger partial charge in [-0.2, -0.15) is 5.10 Å². The number of hydrogen-bond donors (Lipinski definition) is 3. The van der Waals surface area contributed by atoms with Gasteiger partial charge in [-0.1, -0.05) is 36.6 Å². The standard InChI is InChI=1S/C19H24N6O/c1-11-15-18(26)17(25-14-10-6-5-9-13(14)22-24-25)16(20-19(15)23-21-11)12-7-3-2-4-8-12/h5-6,9-10,12,16-18,26H,2-4,7-8H2,1H3,(H2,20,21,23)/t16-,17-,18-/m1/s1. The lowest BCUT2D eigenvalue weighted by molar-refractivity contribution is 0.0710. The van der Waals surface area contributed by atoms with Crippen LogP contribution in [-0.4, -0.2) is 36.3 Å². The Kier molecular flexibility index (Phi) is 3.70. The van der Waals surface area contributed by atoms with Gasteiger partial charge in [0.15, 0.2) is 5.82 Å². The van der Waals surface area contributed by atoms with E-state index in [-0.39, 0.29) is 12.1 Å². The summed E-state index contributed by atoms with van der Waals surface area (Å²) in [7, 11) is 0. The third-order valence-electron chi connectivity index (χ3n) is 6.10. The average molecular weight is 352 g/mol. The number of aromatic amines is 1. The van der Waals surface area contributed by atoms with Gasteiger partial charge in [0, 0.05) is 11.3 Å². The molecule has 0 radical (unpaired) electrons. The molecular formula is C19H24N6O. The van der Waals surface area contributed by atoms with Crippen LogP contribution in [0.15, 0.2) is 24.3 Å². The number of fused-ring (bicyclic) bond motifs is 2. The second kappa shape index (κ2) is 6.09. The molecule has 3 aromatic rings. The van der Waals surface area contributed by atoms with Crippen molar-refractivity contribution in [1.29, 1.82) is 0 Å². The zero-order valence-corrected chi connectivity index (χ0v) is 14.9. The van der Waals surface area contributed by atoms with Crippen LogP contribution in [0.4, 0.5) is 5.82 Å². The first-order valence-corrected chi connectivity index (χ1v) is 9.53. The van der Waals surface area contributed by atoms with Crippen molar-refractivity contribution in [2.75, 3.05) is 5.32 Å². The van der Waals surface area contributed by atoms with E-state index >= 15 is 0 Å². The Morgan fingerprint density at radius 1 is 1.15 bits per heavy atom. The zero-order valence-electron chi connectivity index (χ0n) is 14.9. The number of H-pyrrole nitrogens is 1. The van der Waals surface area contributed by atoms with Crippen LogP contribution in [0.2, 0.25) is 0 Å². The summed E-state index contributed by atoms with van der Waals surface area (Å²) < 4.78 is 1.92. The van der Waals surface area contributed by atoms with Crippen molar-refractivity contribution in [3.05, 3.63) is 35.5 Å². The lowest BCUT2D eigenvalue weighted by Gasteiger charge is -2.41. The van der Waals surface area contributed by atoms with Gasteiger partial charge in [-0.25, -0.2) is 4.68 Å². The lowest BCUT2D eigenvalue weighted by atomic mass is 9.77. The van der Waals surface area contributed by atoms with Gasteiger partial charge in [0.2, 0.25) is 0 Å². The maximum atomic E-state index is 11.3. The van der Waals surface area contributed by atoms with Gasteiger partial charge in [0.1, 0.15) is 17.7 Å². The van der Waals surface area contributed by atoms with Gasteiger partial charge >= 0.3 is 0 Å². The molecule has 1 aromatic carbocycles. The van der Waals surface area contributed by atoms with E-state index in [0.29, 0.717) is 5.92 Å². The van der Waals surface area contributed by atoms with E-state index < -0.39 is 6.10 Å². The third-order valence-corrected chi connectivity index (χ3v) is 6.10. The monoisotopic (exact) mass is 352 g/mol. The number of aliphatic hydroxyl groups excluding tert-OH is 1. The predicted octanol–water partition coefficient (Wildman–Crippen LogP) is 3.11. The van der Waals surface area contributed by atoms with Crippen LogP contribution >= 0.6 is 0 Å². The van der Waals surface area contributed by atoms with E-state index in [0.717, 1.165) is 28.1 Å². The maximum Gasteiger partial charge on any atom is 0.154 e. The average Bonchev–Trinajstić information content (AvgIpc) is 3.26. The molecule has 0 spiro atoms. The normalized spacial score (nSPS) is 26.6. The molecule has 2 aromatic heterocycles. The number of aryl methyl sites for hydroxylation is 1. The number of para-hydroxylation sites is 1. The maximum absolute atomic E-state index is 11.3. The number of nitrogens with zero attached hydrogens (tertiary/aromatic N) is 4. The van der Waals surface area contributed by atoms with E-state index in [1.54, 1.807) is 0 Å². The summed E-state index contributed by atoms with van der Waals surface area (Å²) in [6, 6.07) is 7.84. The SMILES string of the molecule is Cc1[nH]nc2c1[C@@H](O)[C@H](n1nnc3ccccc31)[C@@H](C1CCCCC1)N2. The predicted molar refractivity (Wildman–Crippen MR) is 98.8 cm³/mol. The van der Waals surface area contributed by atoms with Gasteiger partial charge in [-0.05, 0) is 37.8 Å². The smallest absolute Gasteiger partial charge is 0.154 e. The minimum Gasteiger partial charge on any atom is -0.386 e. The van der Waals surface area contributed by atoms with Crippen LogP contribution in [0.1, 0.15) is 55.5 Å². The fraction of sp³-hybridized carbons (Fsp3) is 0.526. The fourth-order valence-electron chi connectivity index (χ4n) is 4.80. The highest BCUT2D eigenvalue weighted by atomic mass is 16.3. The van der Waals surface area contributed by atoms with Gasteiger partial charge < -0.3 is 10.4 Å². The number of aliphatic hydroxyl groups is 1. The number of rotatable bonds is 2. The van der Waals surface area contributed by atoms with Crippen molar-refractivity contribution in [2.24, 2.45) is 5.92 Å². The summed E-state index contributed by atoms with van der Waals surface area (Å²) in [5, 5.41) is 31.1. The molecule has 1 saturated carbocycles. The van der Waals surface area contributed by atoms with E-state index in [1.807, 2.05) is 35.9 Å². The molecule has 0 unspecified atom stereocenters. The van der Waals surface area contributed by atoms with Crippen LogP contribution in [0.25, 0.3) is 11.0 Å². The first kappa shape index (κ1) is 15.8. The highest BCUT2D eigenvalue weighted by Gasteiger charge is 2.44. The largest absolute Gasteiger partial charge is 0.386 e. The Bertz CT molecular complexity index is 925. The molecule has 136 valence electrons. The van der Waals surface area contributed by atoms with Gasteiger partial charge in [-0.3, -0.25) is 5.10 Å². The molecule has 1 fully saturated rings. The molecular weight excluding hydrogens is 328 g/mol. The van der Waals surface area contributed by atoms with Crippen molar-refractivity contribution < 1.29 is 5.11 Å². The van der Waals surface area contributed by atoms with Crippen LogP contribution in [0.3, 0.4) is 0 Å². The van der Waals surface area contributed by atoms with Crippen LogP contribution < -0.4 is 5.32 Å². The Morgan fingerprint density at radius 2 is 1.96 bits per heavy atom. The van der Waals surface area contributed by atoms with E-state index in [4.69, 9.17) is 0 Å². The molecule has 7 heteroatoms. The van der Waals surface area contributed by atoms with E-state index in [1.165, 1.54) is 32.1 Å². The van der Waals surface area contributed by atoms with E-state index in [9.17, 15) is 5.11 Å². The van der Waals surface area contributed by atoms with Gasteiger partial charge in [0.25, 0.3) is 0 Å². The van der Waals surface area contributed by atoms with Crippen LogP contribution in [0.5, 0.6) is 0 Å². The zero-order chi connectivity index (χ0) is 17.7. The summed E-state index contributed by atoms with van der Waals surface area (Å²) in [6.45, 7) is 1.95. The number of anilines is 1. The molecule has 2 aliphatic rings. The molecule has 3 atom stereocenters.